The molecule has 0 spiro atoms. The highest BCUT2D eigenvalue weighted by Crippen LogP contribution is 2.29. The quantitative estimate of drug-likeness (QED) is 0.849. The largest absolute Gasteiger partial charge is 0.423 e. The number of thiophene rings is 1. The Balaban J connectivity index is 2.22. The van der Waals surface area contributed by atoms with Gasteiger partial charge in [-0.2, -0.15) is 0 Å². The van der Waals surface area contributed by atoms with Crippen LogP contribution in [-0.2, 0) is 0 Å². The summed E-state index contributed by atoms with van der Waals surface area (Å²) in [4.78, 5) is 22.9. The van der Waals surface area contributed by atoms with Crippen molar-refractivity contribution in [3.8, 4) is 11.8 Å². The predicted octanol–water partition coefficient (Wildman–Crippen LogP) is 3.20. The molecule has 0 saturated heterocycles. The Morgan fingerprint density at radius 3 is 2.70 bits per heavy atom. The molecule has 0 bridgehead atoms. The van der Waals surface area contributed by atoms with Crippen molar-refractivity contribution in [2.45, 2.75) is 26.8 Å². The van der Waals surface area contributed by atoms with Crippen molar-refractivity contribution in [1.82, 2.24) is 14.9 Å². The first-order valence-corrected chi connectivity index (χ1v) is 7.34. The molecule has 20 heavy (non-hydrogen) atoms. The highest BCUT2D eigenvalue weighted by molar-refractivity contribution is 7.12. The lowest BCUT2D eigenvalue weighted by molar-refractivity contribution is 0.0719. The Morgan fingerprint density at radius 2 is 2.10 bits per heavy atom. The summed E-state index contributed by atoms with van der Waals surface area (Å²) in [5, 5.41) is 1.83. The van der Waals surface area contributed by atoms with Gasteiger partial charge in [-0.3, -0.25) is 4.79 Å². The van der Waals surface area contributed by atoms with E-state index in [-0.39, 0.29) is 18.0 Å². The van der Waals surface area contributed by atoms with Gasteiger partial charge in [-0.25, -0.2) is 9.97 Å². The first kappa shape index (κ1) is 14.5. The molecule has 0 aliphatic heterocycles. The second-order valence-electron chi connectivity index (χ2n) is 4.43. The molecule has 0 radical (unpaired) electrons. The zero-order valence-corrected chi connectivity index (χ0v) is 12.6. The molecule has 2 aromatic heterocycles. The Morgan fingerprint density at radius 1 is 1.40 bits per heavy atom. The van der Waals surface area contributed by atoms with E-state index < -0.39 is 0 Å². The molecule has 0 aliphatic carbocycles. The summed E-state index contributed by atoms with van der Waals surface area (Å²) < 4.78 is 5.59. The number of carbonyl (C=O) groups excluding carboxylic acids is 1. The van der Waals surface area contributed by atoms with Crippen LogP contribution in [0.15, 0.2) is 29.9 Å². The Hall–Kier alpha value is -1.95. The number of ether oxygens (including phenoxy) is 1. The number of rotatable bonds is 5. The van der Waals surface area contributed by atoms with Crippen LogP contribution in [0.4, 0.5) is 0 Å². The molecular formula is C14H17N3O2S. The SMILES string of the molecule is CCN(C(=O)c1sccc1Oc1ncccn1)C(C)C. The molecule has 6 heteroatoms. The van der Waals surface area contributed by atoms with Crippen LogP contribution in [0.1, 0.15) is 30.4 Å². The topological polar surface area (TPSA) is 55.3 Å². The van der Waals surface area contributed by atoms with Crippen LogP contribution in [0.5, 0.6) is 11.8 Å². The Kier molecular flexibility index (Phi) is 4.68. The minimum Gasteiger partial charge on any atom is -0.423 e. The van der Waals surface area contributed by atoms with Crippen molar-refractivity contribution < 1.29 is 9.53 Å². The smallest absolute Gasteiger partial charge is 0.321 e. The van der Waals surface area contributed by atoms with Crippen molar-refractivity contribution in [2.75, 3.05) is 6.54 Å². The van der Waals surface area contributed by atoms with E-state index >= 15 is 0 Å². The third kappa shape index (κ3) is 3.14. The second kappa shape index (κ2) is 6.47. The van der Waals surface area contributed by atoms with Gasteiger partial charge in [0.15, 0.2) is 5.75 Å². The van der Waals surface area contributed by atoms with Crippen molar-refractivity contribution in [3.05, 3.63) is 34.8 Å². The van der Waals surface area contributed by atoms with Gasteiger partial charge in [0.05, 0.1) is 0 Å². The molecule has 0 atom stereocenters. The van der Waals surface area contributed by atoms with Gasteiger partial charge in [0.25, 0.3) is 5.91 Å². The minimum absolute atomic E-state index is 0.0246. The van der Waals surface area contributed by atoms with Crippen LogP contribution in [0.3, 0.4) is 0 Å². The fourth-order valence-electron chi connectivity index (χ4n) is 1.84. The van der Waals surface area contributed by atoms with Gasteiger partial charge >= 0.3 is 6.01 Å². The molecule has 0 saturated carbocycles. The van der Waals surface area contributed by atoms with Crippen molar-refractivity contribution in [1.29, 1.82) is 0 Å². The number of nitrogens with zero attached hydrogens (tertiary/aromatic N) is 3. The van der Waals surface area contributed by atoms with Gasteiger partial charge in [-0.1, -0.05) is 0 Å². The van der Waals surface area contributed by atoms with Crippen LogP contribution < -0.4 is 4.74 Å². The molecule has 0 aliphatic rings. The number of amides is 1. The molecule has 0 fully saturated rings. The van der Waals surface area contributed by atoms with E-state index in [0.29, 0.717) is 17.2 Å². The van der Waals surface area contributed by atoms with Gasteiger partial charge in [-0.15, -0.1) is 11.3 Å². The minimum atomic E-state index is -0.0246. The molecule has 0 unspecified atom stereocenters. The molecule has 106 valence electrons. The summed E-state index contributed by atoms with van der Waals surface area (Å²) in [7, 11) is 0. The first-order valence-electron chi connectivity index (χ1n) is 6.46. The van der Waals surface area contributed by atoms with E-state index in [1.54, 1.807) is 29.4 Å². The number of carbonyl (C=O) groups is 1. The first-order chi connectivity index (χ1) is 9.63. The maximum Gasteiger partial charge on any atom is 0.321 e. The maximum absolute atomic E-state index is 12.5. The standard InChI is InChI=1S/C14H17N3O2S/c1-4-17(10(2)3)13(18)12-11(6-9-20-12)19-14-15-7-5-8-16-14/h5-10H,4H2,1-3H3. The maximum atomic E-state index is 12.5. The van der Waals surface area contributed by atoms with Gasteiger partial charge in [0.1, 0.15) is 4.88 Å². The third-order valence-electron chi connectivity index (χ3n) is 2.79. The second-order valence-corrected chi connectivity index (χ2v) is 5.35. The van der Waals surface area contributed by atoms with E-state index in [4.69, 9.17) is 4.74 Å². The number of hydrogen-bond donors (Lipinski definition) is 0. The fraction of sp³-hybridized carbons (Fsp3) is 0.357. The van der Waals surface area contributed by atoms with E-state index in [9.17, 15) is 4.79 Å². The summed E-state index contributed by atoms with van der Waals surface area (Å²) in [5.74, 6) is 0.480. The van der Waals surface area contributed by atoms with E-state index in [1.807, 2.05) is 26.2 Å². The lowest BCUT2D eigenvalue weighted by Gasteiger charge is -2.24. The van der Waals surface area contributed by atoms with E-state index in [0.717, 1.165) is 0 Å². The molecular weight excluding hydrogens is 274 g/mol. The van der Waals surface area contributed by atoms with E-state index in [2.05, 4.69) is 9.97 Å². The average molecular weight is 291 g/mol. The third-order valence-corrected chi connectivity index (χ3v) is 3.68. The molecule has 0 N–H and O–H groups in total. The summed E-state index contributed by atoms with van der Waals surface area (Å²) in [5.41, 5.74) is 0. The van der Waals surface area contributed by atoms with Crippen LogP contribution in [0.2, 0.25) is 0 Å². The monoisotopic (exact) mass is 291 g/mol. The van der Waals surface area contributed by atoms with Crippen molar-refractivity contribution >= 4 is 17.2 Å². The van der Waals surface area contributed by atoms with Crippen LogP contribution in [0, 0.1) is 0 Å². The normalized spacial score (nSPS) is 10.6. The number of hydrogen-bond acceptors (Lipinski definition) is 5. The summed E-state index contributed by atoms with van der Waals surface area (Å²) in [6.45, 7) is 6.62. The van der Waals surface area contributed by atoms with Crippen LogP contribution >= 0.6 is 11.3 Å². The zero-order chi connectivity index (χ0) is 14.5. The Bertz CT molecular complexity index is 569. The Labute approximate surface area is 122 Å². The lowest BCUT2D eigenvalue weighted by atomic mass is 10.3. The summed E-state index contributed by atoms with van der Waals surface area (Å²) >= 11 is 1.37. The van der Waals surface area contributed by atoms with Gasteiger partial charge in [-0.05, 0) is 38.3 Å². The highest BCUT2D eigenvalue weighted by Gasteiger charge is 2.22. The zero-order valence-electron chi connectivity index (χ0n) is 11.7. The van der Waals surface area contributed by atoms with Gasteiger partial charge in [0, 0.05) is 25.0 Å². The predicted molar refractivity (Wildman–Crippen MR) is 78.3 cm³/mol. The molecule has 2 aromatic rings. The summed E-state index contributed by atoms with van der Waals surface area (Å²) in [6, 6.07) is 3.87. The fourth-order valence-corrected chi connectivity index (χ4v) is 2.62. The van der Waals surface area contributed by atoms with Crippen molar-refractivity contribution in [2.24, 2.45) is 0 Å². The number of aromatic nitrogens is 2. The molecule has 1 amide bonds. The van der Waals surface area contributed by atoms with E-state index in [1.165, 1.54) is 11.3 Å². The lowest BCUT2D eigenvalue weighted by Crippen LogP contribution is -2.36. The molecule has 2 rings (SSSR count). The van der Waals surface area contributed by atoms with Crippen molar-refractivity contribution in [3.63, 3.8) is 0 Å². The molecule has 0 aromatic carbocycles. The van der Waals surface area contributed by atoms with Crippen LogP contribution in [0.25, 0.3) is 0 Å². The summed E-state index contributed by atoms with van der Waals surface area (Å²) in [6.07, 6.45) is 3.20. The molecule has 5 nitrogen and oxygen atoms in total. The van der Waals surface area contributed by atoms with Crippen LogP contribution in [-0.4, -0.2) is 33.4 Å². The van der Waals surface area contributed by atoms with Gasteiger partial charge < -0.3 is 9.64 Å². The average Bonchev–Trinajstić information content (AvgIpc) is 2.88. The molecule has 2 heterocycles. The highest BCUT2D eigenvalue weighted by atomic mass is 32.1. The van der Waals surface area contributed by atoms with Gasteiger partial charge in [0.2, 0.25) is 0 Å².